The molecule has 8 nitrogen and oxygen atoms in total. The number of ether oxygens (including phenoxy) is 2. The molecule has 2 heterocycles. The van der Waals surface area contributed by atoms with Crippen molar-refractivity contribution < 1.29 is 19.1 Å². The third kappa shape index (κ3) is 5.20. The van der Waals surface area contributed by atoms with Gasteiger partial charge in [0.1, 0.15) is 11.6 Å². The van der Waals surface area contributed by atoms with Crippen LogP contribution in [0.15, 0.2) is 35.7 Å². The zero-order valence-corrected chi connectivity index (χ0v) is 17.3. The number of carbonyl (C=O) groups excluding carboxylic acids is 2. The highest BCUT2D eigenvalue weighted by Gasteiger charge is 2.15. The number of hydrogen-bond acceptors (Lipinski definition) is 7. The maximum atomic E-state index is 12.2. The van der Waals surface area contributed by atoms with Crippen molar-refractivity contribution >= 4 is 29.0 Å². The number of hydrogen-bond donors (Lipinski definition) is 1. The van der Waals surface area contributed by atoms with Gasteiger partial charge in [-0.3, -0.25) is 9.59 Å². The first kappa shape index (κ1) is 20.5. The molecule has 2 aromatic heterocycles. The van der Waals surface area contributed by atoms with Gasteiger partial charge in [0.05, 0.1) is 31.5 Å². The van der Waals surface area contributed by atoms with Crippen molar-refractivity contribution in [3.63, 3.8) is 0 Å². The van der Waals surface area contributed by atoms with E-state index in [9.17, 15) is 9.59 Å². The molecule has 1 N–H and O–H groups in total. The summed E-state index contributed by atoms with van der Waals surface area (Å²) in [5, 5.41) is 9.79. The Morgan fingerprint density at radius 3 is 2.66 bits per heavy atom. The largest absolute Gasteiger partial charge is 0.497 e. The molecule has 9 heteroatoms. The van der Waals surface area contributed by atoms with Gasteiger partial charge in [-0.05, 0) is 38.1 Å². The highest BCUT2D eigenvalue weighted by atomic mass is 32.1. The monoisotopic (exact) mass is 414 g/mol. The molecule has 0 spiro atoms. The molecule has 0 unspecified atom stereocenters. The molecule has 0 fully saturated rings. The maximum Gasteiger partial charge on any atom is 0.306 e. The molecule has 0 aliphatic rings. The first-order chi connectivity index (χ1) is 14.0. The molecular formula is C20H22N4O4S. The van der Waals surface area contributed by atoms with Gasteiger partial charge in [0.25, 0.3) is 0 Å². The summed E-state index contributed by atoms with van der Waals surface area (Å²) in [7, 11) is 1.62. The molecule has 3 aromatic rings. The quantitative estimate of drug-likeness (QED) is 0.566. The number of carbonyl (C=O) groups is 2. The van der Waals surface area contributed by atoms with Crippen LogP contribution in [0.4, 0.5) is 5.82 Å². The molecule has 1 aromatic carbocycles. The van der Waals surface area contributed by atoms with Crippen LogP contribution in [-0.4, -0.2) is 40.4 Å². The SMILES string of the molecule is CCOC(=O)CCC(=O)Nc1cc(C)nn1-c1nc(-c2ccc(OC)cc2)cs1. The van der Waals surface area contributed by atoms with E-state index in [0.717, 1.165) is 22.7 Å². The summed E-state index contributed by atoms with van der Waals surface area (Å²) < 4.78 is 11.6. The molecular weight excluding hydrogens is 392 g/mol. The Morgan fingerprint density at radius 2 is 1.97 bits per heavy atom. The number of amides is 1. The summed E-state index contributed by atoms with van der Waals surface area (Å²) in [6.45, 7) is 3.86. The minimum atomic E-state index is -0.392. The highest BCUT2D eigenvalue weighted by molar-refractivity contribution is 7.12. The molecule has 0 aliphatic carbocycles. The third-order valence-electron chi connectivity index (χ3n) is 4.02. The van der Waals surface area contributed by atoms with Gasteiger partial charge >= 0.3 is 5.97 Å². The second-order valence-electron chi connectivity index (χ2n) is 6.18. The summed E-state index contributed by atoms with van der Waals surface area (Å²) in [6, 6.07) is 9.38. The first-order valence-corrected chi connectivity index (χ1v) is 10.0. The molecule has 3 rings (SSSR count). The van der Waals surface area contributed by atoms with Crippen molar-refractivity contribution in [2.24, 2.45) is 0 Å². The lowest BCUT2D eigenvalue weighted by Gasteiger charge is -2.06. The van der Waals surface area contributed by atoms with E-state index < -0.39 is 5.97 Å². The minimum Gasteiger partial charge on any atom is -0.497 e. The fourth-order valence-electron chi connectivity index (χ4n) is 2.64. The van der Waals surface area contributed by atoms with Gasteiger partial charge in [-0.2, -0.15) is 9.78 Å². The number of anilines is 1. The van der Waals surface area contributed by atoms with Crippen molar-refractivity contribution in [2.45, 2.75) is 26.7 Å². The molecule has 0 radical (unpaired) electrons. The van der Waals surface area contributed by atoms with E-state index in [-0.39, 0.29) is 18.7 Å². The average molecular weight is 414 g/mol. The molecule has 0 bridgehead atoms. The molecule has 0 aliphatic heterocycles. The van der Waals surface area contributed by atoms with Crippen LogP contribution in [0.3, 0.4) is 0 Å². The number of esters is 1. The van der Waals surface area contributed by atoms with Crippen LogP contribution in [0.1, 0.15) is 25.5 Å². The number of thiazole rings is 1. The summed E-state index contributed by atoms with van der Waals surface area (Å²) in [6.07, 6.45) is 0.0731. The van der Waals surface area contributed by atoms with E-state index in [4.69, 9.17) is 9.47 Å². The number of benzene rings is 1. The Bertz CT molecular complexity index is 994. The lowest BCUT2D eigenvalue weighted by molar-refractivity contribution is -0.144. The van der Waals surface area contributed by atoms with Gasteiger partial charge in [-0.15, -0.1) is 11.3 Å². The zero-order valence-electron chi connectivity index (χ0n) is 16.5. The van der Waals surface area contributed by atoms with Gasteiger partial charge in [0.2, 0.25) is 11.0 Å². The number of rotatable bonds is 8. The van der Waals surface area contributed by atoms with Gasteiger partial charge in [-0.1, -0.05) is 0 Å². The van der Waals surface area contributed by atoms with Crippen molar-refractivity contribution in [3.8, 4) is 22.1 Å². The van der Waals surface area contributed by atoms with Crippen LogP contribution in [0.25, 0.3) is 16.4 Å². The highest BCUT2D eigenvalue weighted by Crippen LogP contribution is 2.27. The minimum absolute atomic E-state index is 0.0334. The second-order valence-corrected chi connectivity index (χ2v) is 7.02. The molecule has 0 saturated carbocycles. The van der Waals surface area contributed by atoms with Crippen LogP contribution in [0, 0.1) is 6.92 Å². The second kappa shape index (κ2) is 9.33. The standard InChI is InChI=1S/C20H22N4O4S/c1-4-28-19(26)10-9-18(25)22-17-11-13(2)23-24(17)20-21-16(12-29-20)14-5-7-15(27-3)8-6-14/h5-8,11-12H,4,9-10H2,1-3H3,(H,22,25). The Balaban J connectivity index is 1.74. The van der Waals surface area contributed by atoms with Gasteiger partial charge < -0.3 is 14.8 Å². The smallest absolute Gasteiger partial charge is 0.306 e. The zero-order chi connectivity index (χ0) is 20.8. The van der Waals surface area contributed by atoms with Crippen molar-refractivity contribution in [3.05, 3.63) is 41.4 Å². The van der Waals surface area contributed by atoms with E-state index >= 15 is 0 Å². The predicted octanol–water partition coefficient (Wildman–Crippen LogP) is 3.59. The Labute approximate surface area is 172 Å². The van der Waals surface area contributed by atoms with E-state index in [1.54, 1.807) is 24.8 Å². The summed E-state index contributed by atoms with van der Waals surface area (Å²) in [5.74, 6) is 0.606. The summed E-state index contributed by atoms with van der Waals surface area (Å²) >= 11 is 1.42. The average Bonchev–Trinajstić information content (AvgIpc) is 3.33. The molecule has 152 valence electrons. The van der Waals surface area contributed by atoms with Gasteiger partial charge in [-0.25, -0.2) is 4.98 Å². The number of nitrogens with one attached hydrogen (secondary N) is 1. The topological polar surface area (TPSA) is 95.3 Å². The first-order valence-electron chi connectivity index (χ1n) is 9.12. The molecule has 0 atom stereocenters. The van der Waals surface area contributed by atoms with E-state index in [0.29, 0.717) is 17.6 Å². The predicted molar refractivity (Wildman–Crippen MR) is 110 cm³/mol. The third-order valence-corrected chi connectivity index (χ3v) is 4.84. The van der Waals surface area contributed by atoms with Crippen LogP contribution in [-0.2, 0) is 14.3 Å². The van der Waals surface area contributed by atoms with Crippen LogP contribution in [0.5, 0.6) is 5.75 Å². The number of methoxy groups -OCH3 is 1. The van der Waals surface area contributed by atoms with Crippen LogP contribution < -0.4 is 10.1 Å². The summed E-state index contributed by atoms with van der Waals surface area (Å²) in [5.41, 5.74) is 2.50. The van der Waals surface area contributed by atoms with Gasteiger partial charge in [0, 0.05) is 23.4 Å². The van der Waals surface area contributed by atoms with E-state index in [2.05, 4.69) is 15.4 Å². The van der Waals surface area contributed by atoms with Crippen molar-refractivity contribution in [1.82, 2.24) is 14.8 Å². The molecule has 1 amide bonds. The number of aryl methyl sites for hydroxylation is 1. The Kier molecular flexibility index (Phi) is 6.61. The normalized spacial score (nSPS) is 10.6. The summed E-state index contributed by atoms with van der Waals surface area (Å²) in [4.78, 5) is 28.3. The lowest BCUT2D eigenvalue weighted by Crippen LogP contribution is -2.16. The number of nitrogens with zero attached hydrogens (tertiary/aromatic N) is 3. The van der Waals surface area contributed by atoms with Crippen LogP contribution in [0.2, 0.25) is 0 Å². The van der Waals surface area contributed by atoms with E-state index in [1.165, 1.54) is 11.3 Å². The fraction of sp³-hybridized carbons (Fsp3) is 0.300. The van der Waals surface area contributed by atoms with Crippen LogP contribution >= 0.6 is 11.3 Å². The van der Waals surface area contributed by atoms with Crippen molar-refractivity contribution in [2.75, 3.05) is 19.0 Å². The van der Waals surface area contributed by atoms with Gasteiger partial charge in [0.15, 0.2) is 0 Å². The maximum absolute atomic E-state index is 12.2. The molecule has 0 saturated heterocycles. The number of aromatic nitrogens is 3. The Morgan fingerprint density at radius 1 is 1.21 bits per heavy atom. The molecule has 29 heavy (non-hydrogen) atoms. The lowest BCUT2D eigenvalue weighted by atomic mass is 10.2. The fourth-order valence-corrected chi connectivity index (χ4v) is 3.44. The Hall–Kier alpha value is -3.20. The van der Waals surface area contributed by atoms with Crippen molar-refractivity contribution in [1.29, 1.82) is 0 Å². The van der Waals surface area contributed by atoms with E-state index in [1.807, 2.05) is 36.6 Å².